The number of H-pyrrole nitrogens is 1. The zero-order valence-corrected chi connectivity index (χ0v) is 24.8. The SMILES string of the molecule is CCC1CC(=NCCOCCOCCNC(=O)c2ccccc2)N=C(Nc2ccc3cn[nH]c3c2)N=C1Nc1ccccc1. The van der Waals surface area contributed by atoms with Crippen molar-refractivity contribution >= 4 is 45.8 Å². The van der Waals surface area contributed by atoms with Crippen molar-refractivity contribution in [3.63, 3.8) is 0 Å². The van der Waals surface area contributed by atoms with E-state index in [2.05, 4.69) is 33.1 Å². The van der Waals surface area contributed by atoms with Crippen LogP contribution in [0.3, 0.4) is 0 Å². The van der Waals surface area contributed by atoms with E-state index in [4.69, 9.17) is 24.5 Å². The standard InChI is InChI=1S/C33H38N8O3/c1-2-24-21-30(34-15-17-43-19-20-44-18-16-35-32(42)25-9-5-3-6-10-25)39-33(40-31(24)37-27-11-7-4-8-12-27)38-28-14-13-26-23-36-41-29(26)22-28/h3-14,22-24H,2,15-21H2,1H3,(H,35,42)(H,36,41)(H2,34,37,38,39,40). The highest BCUT2D eigenvalue weighted by atomic mass is 16.5. The number of para-hydroxylation sites is 1. The van der Waals surface area contributed by atoms with E-state index >= 15 is 0 Å². The fraction of sp³-hybridized carbons (Fsp3) is 0.303. The number of rotatable bonds is 13. The second kappa shape index (κ2) is 16.1. The number of ether oxygens (including phenoxy) is 2. The number of guanidine groups is 1. The lowest BCUT2D eigenvalue weighted by molar-refractivity contribution is 0.0512. The normalized spacial score (nSPS) is 15.8. The molecule has 5 rings (SSSR count). The maximum Gasteiger partial charge on any atom is 0.251 e. The van der Waals surface area contributed by atoms with E-state index in [1.807, 2.05) is 66.7 Å². The minimum Gasteiger partial charge on any atom is -0.377 e. The molecular weight excluding hydrogens is 556 g/mol. The molecule has 1 aromatic heterocycles. The lowest BCUT2D eigenvalue weighted by atomic mass is 10.00. The van der Waals surface area contributed by atoms with Gasteiger partial charge in [-0.1, -0.05) is 43.3 Å². The number of hydrogen-bond donors (Lipinski definition) is 4. The van der Waals surface area contributed by atoms with Gasteiger partial charge in [-0.3, -0.25) is 14.9 Å². The second-order valence-electron chi connectivity index (χ2n) is 10.2. The first-order valence-electron chi connectivity index (χ1n) is 14.9. The van der Waals surface area contributed by atoms with Crippen LogP contribution in [0.4, 0.5) is 11.4 Å². The van der Waals surface area contributed by atoms with Crippen molar-refractivity contribution in [3.05, 3.63) is 90.6 Å². The summed E-state index contributed by atoms with van der Waals surface area (Å²) in [4.78, 5) is 26.6. The van der Waals surface area contributed by atoms with Gasteiger partial charge in [-0.25, -0.2) is 0 Å². The summed E-state index contributed by atoms with van der Waals surface area (Å²) in [5.41, 5.74) is 3.38. The van der Waals surface area contributed by atoms with Gasteiger partial charge in [0.2, 0.25) is 5.96 Å². The van der Waals surface area contributed by atoms with Gasteiger partial charge in [0, 0.05) is 41.2 Å². The molecule has 1 aliphatic heterocycles. The van der Waals surface area contributed by atoms with Crippen molar-refractivity contribution in [2.75, 3.05) is 50.2 Å². The van der Waals surface area contributed by atoms with Crippen LogP contribution in [0.5, 0.6) is 0 Å². The predicted octanol–water partition coefficient (Wildman–Crippen LogP) is 5.13. The predicted molar refractivity (Wildman–Crippen MR) is 176 cm³/mol. The van der Waals surface area contributed by atoms with Crippen LogP contribution < -0.4 is 16.0 Å². The molecule has 0 radical (unpaired) electrons. The van der Waals surface area contributed by atoms with Crippen LogP contribution in [-0.2, 0) is 9.47 Å². The number of nitrogens with one attached hydrogen (secondary N) is 4. The molecule has 0 fully saturated rings. The van der Waals surface area contributed by atoms with Crippen LogP contribution in [0.25, 0.3) is 10.9 Å². The maximum atomic E-state index is 12.1. The minimum atomic E-state index is -0.110. The molecule has 0 saturated carbocycles. The number of hydrogen-bond acceptors (Lipinski definition) is 8. The molecule has 0 saturated heterocycles. The Balaban J connectivity index is 1.13. The fourth-order valence-corrected chi connectivity index (χ4v) is 4.64. The van der Waals surface area contributed by atoms with E-state index in [0.717, 1.165) is 34.5 Å². The van der Waals surface area contributed by atoms with Crippen molar-refractivity contribution in [2.45, 2.75) is 19.8 Å². The summed E-state index contributed by atoms with van der Waals surface area (Å²) < 4.78 is 11.3. The number of aromatic amines is 1. The van der Waals surface area contributed by atoms with Gasteiger partial charge < -0.3 is 25.4 Å². The zero-order valence-electron chi connectivity index (χ0n) is 24.8. The molecule has 11 nitrogen and oxygen atoms in total. The van der Waals surface area contributed by atoms with E-state index in [9.17, 15) is 4.79 Å². The number of amidine groups is 2. The van der Waals surface area contributed by atoms with E-state index in [-0.39, 0.29) is 11.8 Å². The van der Waals surface area contributed by atoms with Crippen molar-refractivity contribution in [3.8, 4) is 0 Å². The molecule has 3 aromatic carbocycles. The third-order valence-corrected chi connectivity index (χ3v) is 6.98. The van der Waals surface area contributed by atoms with Gasteiger partial charge in [-0.2, -0.15) is 15.1 Å². The molecule has 1 aliphatic rings. The molecule has 0 bridgehead atoms. The number of fused-ring (bicyclic) bond motifs is 1. The van der Waals surface area contributed by atoms with Crippen molar-refractivity contribution < 1.29 is 14.3 Å². The minimum absolute atomic E-state index is 0.110. The van der Waals surface area contributed by atoms with E-state index in [1.165, 1.54) is 0 Å². The average Bonchev–Trinajstić information content (AvgIpc) is 3.46. The molecule has 0 aliphatic carbocycles. The Hall–Kier alpha value is -4.87. The Morgan fingerprint density at radius 1 is 0.909 bits per heavy atom. The Labute approximate surface area is 256 Å². The number of aromatic nitrogens is 2. The summed E-state index contributed by atoms with van der Waals surface area (Å²) >= 11 is 0. The highest BCUT2D eigenvalue weighted by Crippen LogP contribution is 2.21. The van der Waals surface area contributed by atoms with Gasteiger partial charge in [-0.15, -0.1) is 0 Å². The van der Waals surface area contributed by atoms with Crippen LogP contribution in [0, 0.1) is 5.92 Å². The van der Waals surface area contributed by atoms with E-state index < -0.39 is 0 Å². The van der Waals surface area contributed by atoms with Gasteiger partial charge in [0.15, 0.2) is 0 Å². The summed E-state index contributed by atoms with van der Waals surface area (Å²) in [6, 6.07) is 25.1. The highest BCUT2D eigenvalue weighted by Gasteiger charge is 2.22. The van der Waals surface area contributed by atoms with Gasteiger partial charge >= 0.3 is 0 Å². The molecular formula is C33H38N8O3. The number of benzene rings is 3. The van der Waals surface area contributed by atoms with E-state index in [1.54, 1.807) is 18.3 Å². The first kappa shape index (κ1) is 30.6. The zero-order chi connectivity index (χ0) is 30.4. The molecule has 1 amide bonds. The molecule has 4 N–H and O–H groups in total. The van der Waals surface area contributed by atoms with Gasteiger partial charge in [0.05, 0.1) is 44.7 Å². The summed E-state index contributed by atoms with van der Waals surface area (Å²) in [6.07, 6.45) is 3.32. The lowest BCUT2D eigenvalue weighted by Gasteiger charge is -2.17. The molecule has 4 aromatic rings. The molecule has 228 valence electrons. The molecule has 0 spiro atoms. The number of anilines is 2. The summed E-state index contributed by atoms with van der Waals surface area (Å²) in [6.45, 7) is 4.79. The first-order valence-corrected chi connectivity index (χ1v) is 14.9. The average molecular weight is 595 g/mol. The van der Waals surface area contributed by atoms with Gasteiger partial charge in [0.25, 0.3) is 5.91 Å². The molecule has 1 atom stereocenters. The number of nitrogens with zero attached hydrogens (tertiary/aromatic N) is 4. The summed E-state index contributed by atoms with van der Waals surface area (Å²) in [7, 11) is 0. The van der Waals surface area contributed by atoms with Crippen molar-refractivity contribution in [1.29, 1.82) is 0 Å². The second-order valence-corrected chi connectivity index (χ2v) is 10.2. The third kappa shape index (κ3) is 9.06. The van der Waals surface area contributed by atoms with Gasteiger partial charge in [0.1, 0.15) is 11.7 Å². The van der Waals surface area contributed by atoms with Gasteiger partial charge in [-0.05, 0) is 48.9 Å². The molecule has 11 heteroatoms. The number of amides is 1. The third-order valence-electron chi connectivity index (χ3n) is 6.98. The Morgan fingerprint density at radius 2 is 1.68 bits per heavy atom. The van der Waals surface area contributed by atoms with Crippen molar-refractivity contribution in [1.82, 2.24) is 15.5 Å². The quantitative estimate of drug-likeness (QED) is 0.158. The highest BCUT2D eigenvalue weighted by molar-refractivity contribution is 6.14. The summed E-state index contributed by atoms with van der Waals surface area (Å²) in [5.74, 6) is 2.02. The molecule has 2 heterocycles. The first-order chi connectivity index (χ1) is 21.7. The Kier molecular flexibility index (Phi) is 11.2. The van der Waals surface area contributed by atoms with Crippen LogP contribution in [0.15, 0.2) is 100 Å². The Morgan fingerprint density at radius 3 is 2.48 bits per heavy atom. The van der Waals surface area contributed by atoms with E-state index in [0.29, 0.717) is 63.3 Å². The molecule has 44 heavy (non-hydrogen) atoms. The van der Waals surface area contributed by atoms with Crippen LogP contribution in [0.1, 0.15) is 30.1 Å². The molecule has 1 unspecified atom stereocenters. The largest absolute Gasteiger partial charge is 0.377 e. The number of carbonyl (C=O) groups excluding carboxylic acids is 1. The van der Waals surface area contributed by atoms with Crippen molar-refractivity contribution in [2.24, 2.45) is 20.9 Å². The summed E-state index contributed by atoms with van der Waals surface area (Å²) in [5, 5.41) is 17.9. The van der Waals surface area contributed by atoms with Crippen LogP contribution >= 0.6 is 0 Å². The Bertz CT molecular complexity index is 1580. The van der Waals surface area contributed by atoms with Crippen LogP contribution in [0.2, 0.25) is 0 Å². The lowest BCUT2D eigenvalue weighted by Crippen LogP contribution is -2.27. The maximum absolute atomic E-state index is 12.1. The van der Waals surface area contributed by atoms with Crippen LogP contribution in [-0.4, -0.2) is 73.3 Å². The smallest absolute Gasteiger partial charge is 0.251 e. The topological polar surface area (TPSA) is 137 Å². The monoisotopic (exact) mass is 594 g/mol. The fourth-order valence-electron chi connectivity index (χ4n) is 4.64. The number of carbonyl (C=O) groups is 1. The number of aliphatic imine (C=N–C) groups is 3.